The predicted octanol–water partition coefficient (Wildman–Crippen LogP) is 1.49. The van der Waals surface area contributed by atoms with Crippen molar-refractivity contribution in [2.45, 2.75) is 45.6 Å². The van der Waals surface area contributed by atoms with E-state index < -0.39 is 5.97 Å². The summed E-state index contributed by atoms with van der Waals surface area (Å²) in [6, 6.07) is 0. The summed E-state index contributed by atoms with van der Waals surface area (Å²) in [6.45, 7) is 6.21. The molecule has 14 heavy (non-hydrogen) atoms. The zero-order valence-electron chi connectivity index (χ0n) is 9.00. The lowest BCUT2D eigenvalue weighted by atomic mass is 10.2. The molecule has 0 amide bonds. The minimum atomic E-state index is -0.767. The predicted molar refractivity (Wildman–Crippen MR) is 51.4 cm³/mol. The summed E-state index contributed by atoms with van der Waals surface area (Å²) < 4.78 is 0. The van der Waals surface area contributed by atoms with E-state index >= 15 is 0 Å². The fourth-order valence-corrected chi connectivity index (χ4v) is 0.670. The third kappa shape index (κ3) is 11.4. The Morgan fingerprint density at radius 1 is 1.36 bits per heavy atom. The van der Waals surface area contributed by atoms with E-state index in [0.29, 0.717) is 13.0 Å². The summed E-state index contributed by atoms with van der Waals surface area (Å²) in [7, 11) is 0. The molecule has 0 spiro atoms. The zero-order chi connectivity index (χ0) is 11.0. The number of aliphatic carboxylic acids is 1. The first kappa shape index (κ1) is 13.4. The lowest BCUT2D eigenvalue weighted by Gasteiger charge is -2.16. The van der Waals surface area contributed by atoms with Crippen LogP contribution in [0, 0.1) is 0 Å². The van der Waals surface area contributed by atoms with Crippen molar-refractivity contribution in [1.29, 1.82) is 0 Å². The van der Waals surface area contributed by atoms with Gasteiger partial charge in [0.25, 0.3) is 0 Å². The van der Waals surface area contributed by atoms with Gasteiger partial charge < -0.3 is 5.11 Å². The number of hydroxylamine groups is 1. The largest absolute Gasteiger partial charge is 0.481 e. The maximum Gasteiger partial charge on any atom is 0.303 e. The maximum atomic E-state index is 10.1. The van der Waals surface area contributed by atoms with Crippen LogP contribution in [-0.2, 0) is 14.7 Å². The molecule has 0 aromatic heterocycles. The summed E-state index contributed by atoms with van der Waals surface area (Å²) in [5, 5.41) is 8.35. The van der Waals surface area contributed by atoms with E-state index in [1.54, 1.807) is 0 Å². The quantitative estimate of drug-likeness (QED) is 0.374. The van der Waals surface area contributed by atoms with Crippen molar-refractivity contribution >= 4 is 5.97 Å². The number of rotatable bonds is 7. The lowest BCUT2D eigenvalue weighted by molar-refractivity contribution is -0.383. The van der Waals surface area contributed by atoms with Gasteiger partial charge in [-0.1, -0.05) is 0 Å². The molecule has 0 saturated heterocycles. The van der Waals surface area contributed by atoms with Gasteiger partial charge >= 0.3 is 5.97 Å². The number of carboxylic acids is 1. The van der Waals surface area contributed by atoms with Gasteiger partial charge in [-0.15, -0.1) is 4.99 Å². The summed E-state index contributed by atoms with van der Waals surface area (Å²) >= 11 is 0. The van der Waals surface area contributed by atoms with E-state index in [1.807, 2.05) is 20.8 Å². The highest BCUT2D eigenvalue weighted by Crippen LogP contribution is 2.05. The van der Waals surface area contributed by atoms with Gasteiger partial charge in [-0.3, -0.25) is 4.79 Å². The Bertz CT molecular complexity index is 165. The van der Waals surface area contributed by atoms with E-state index in [-0.39, 0.29) is 12.0 Å². The van der Waals surface area contributed by atoms with Crippen molar-refractivity contribution in [2.75, 3.05) is 6.54 Å². The van der Waals surface area contributed by atoms with Crippen LogP contribution >= 0.6 is 0 Å². The van der Waals surface area contributed by atoms with E-state index in [1.165, 1.54) is 0 Å². The molecule has 2 N–H and O–H groups in total. The second-order valence-electron chi connectivity index (χ2n) is 4.02. The van der Waals surface area contributed by atoms with Gasteiger partial charge in [-0.25, -0.2) is 4.89 Å². The average molecular weight is 205 g/mol. The Balaban J connectivity index is 3.11. The highest BCUT2D eigenvalue weighted by molar-refractivity contribution is 5.66. The van der Waals surface area contributed by atoms with E-state index in [9.17, 15) is 4.79 Å². The van der Waals surface area contributed by atoms with Crippen molar-refractivity contribution in [2.24, 2.45) is 0 Å². The first-order valence-electron chi connectivity index (χ1n) is 4.71. The summed E-state index contributed by atoms with van der Waals surface area (Å²) in [4.78, 5) is 19.8. The van der Waals surface area contributed by atoms with Crippen LogP contribution in [0.25, 0.3) is 0 Å². The molecule has 0 aromatic carbocycles. The van der Waals surface area contributed by atoms with Gasteiger partial charge in [0.1, 0.15) is 0 Å². The van der Waals surface area contributed by atoms with Gasteiger partial charge in [0.05, 0.1) is 5.60 Å². The Labute approximate surface area is 84.3 Å². The lowest BCUT2D eigenvalue weighted by Crippen LogP contribution is -2.26. The minimum Gasteiger partial charge on any atom is -0.481 e. The summed E-state index contributed by atoms with van der Waals surface area (Å²) in [5.41, 5.74) is 2.26. The molecule has 84 valence electrons. The molecule has 0 atom stereocenters. The van der Waals surface area contributed by atoms with Gasteiger partial charge in [-0.05, 0) is 33.6 Å². The molecular formula is C9H19NO4. The second kappa shape index (κ2) is 6.75. The molecular weight excluding hydrogens is 186 g/mol. The maximum absolute atomic E-state index is 10.1. The minimum absolute atomic E-state index is 0.196. The van der Waals surface area contributed by atoms with Crippen molar-refractivity contribution in [3.05, 3.63) is 0 Å². The van der Waals surface area contributed by atoms with Crippen LogP contribution in [0.4, 0.5) is 0 Å². The highest BCUT2D eigenvalue weighted by Gasteiger charge is 2.10. The van der Waals surface area contributed by atoms with Gasteiger partial charge in [0, 0.05) is 13.0 Å². The molecule has 0 aliphatic rings. The fraction of sp³-hybridized carbons (Fsp3) is 0.889. The van der Waals surface area contributed by atoms with Crippen LogP contribution in [0.2, 0.25) is 0 Å². The average Bonchev–Trinajstić information content (AvgIpc) is 2.00. The fourth-order valence-electron chi connectivity index (χ4n) is 0.670. The van der Waals surface area contributed by atoms with Crippen molar-refractivity contribution in [3.8, 4) is 0 Å². The van der Waals surface area contributed by atoms with Gasteiger partial charge in [-0.2, -0.15) is 5.48 Å². The number of nitrogens with one attached hydrogen (secondary N) is 1. The van der Waals surface area contributed by atoms with Crippen molar-refractivity contribution in [3.63, 3.8) is 0 Å². The number of carbonyl (C=O) groups is 1. The second-order valence-corrected chi connectivity index (χ2v) is 4.02. The highest BCUT2D eigenvalue weighted by atomic mass is 17.3. The molecule has 5 nitrogen and oxygen atoms in total. The molecule has 0 radical (unpaired) electrons. The van der Waals surface area contributed by atoms with E-state index in [0.717, 1.165) is 6.42 Å². The molecule has 0 aliphatic carbocycles. The third-order valence-electron chi connectivity index (χ3n) is 1.27. The molecule has 0 heterocycles. The molecule has 0 bridgehead atoms. The van der Waals surface area contributed by atoms with Gasteiger partial charge in [0.2, 0.25) is 0 Å². The standard InChI is InChI=1S/C9H19NO4/c1-9(2,3)13-14-10-7-5-4-6-8(11)12/h10H,4-7H2,1-3H3,(H,11,12). The molecule has 0 saturated carbocycles. The van der Waals surface area contributed by atoms with Crippen LogP contribution in [0.5, 0.6) is 0 Å². The molecule has 0 fully saturated rings. The summed E-state index contributed by atoms with van der Waals surface area (Å²) in [6.07, 6.45) is 1.59. The number of unbranched alkanes of at least 4 members (excludes halogenated alkanes) is 1. The zero-order valence-corrected chi connectivity index (χ0v) is 9.00. The normalized spacial score (nSPS) is 11.6. The van der Waals surface area contributed by atoms with E-state index in [4.69, 9.17) is 15.0 Å². The Morgan fingerprint density at radius 3 is 2.50 bits per heavy atom. The SMILES string of the molecule is CC(C)(C)OONCCCCC(=O)O. The smallest absolute Gasteiger partial charge is 0.303 e. The van der Waals surface area contributed by atoms with Crippen molar-refractivity contribution in [1.82, 2.24) is 5.48 Å². The Morgan fingerprint density at radius 2 is 2.00 bits per heavy atom. The first-order chi connectivity index (χ1) is 6.42. The summed E-state index contributed by atoms with van der Waals surface area (Å²) in [5.74, 6) is -0.767. The third-order valence-corrected chi connectivity index (χ3v) is 1.27. The molecule has 0 unspecified atom stereocenters. The van der Waals surface area contributed by atoms with Crippen LogP contribution in [0.3, 0.4) is 0 Å². The molecule has 0 aromatic rings. The van der Waals surface area contributed by atoms with Crippen LogP contribution in [0.15, 0.2) is 0 Å². The Hall–Kier alpha value is -0.650. The van der Waals surface area contributed by atoms with E-state index in [2.05, 4.69) is 5.48 Å². The first-order valence-corrected chi connectivity index (χ1v) is 4.71. The molecule has 0 rings (SSSR count). The van der Waals surface area contributed by atoms with Crippen molar-refractivity contribution < 1.29 is 19.8 Å². The molecule has 0 aliphatic heterocycles. The van der Waals surface area contributed by atoms with Gasteiger partial charge in [0.15, 0.2) is 0 Å². The number of hydrogen-bond acceptors (Lipinski definition) is 4. The number of hydrogen-bond donors (Lipinski definition) is 2. The monoisotopic (exact) mass is 205 g/mol. The number of carboxylic acid groups (broad SMARTS) is 1. The van der Waals surface area contributed by atoms with Crippen LogP contribution < -0.4 is 5.48 Å². The molecule has 5 heteroatoms. The van der Waals surface area contributed by atoms with Crippen LogP contribution in [-0.4, -0.2) is 23.2 Å². The Kier molecular flexibility index (Phi) is 6.44. The van der Waals surface area contributed by atoms with Crippen LogP contribution in [0.1, 0.15) is 40.0 Å². The topological polar surface area (TPSA) is 67.8 Å².